The summed E-state index contributed by atoms with van der Waals surface area (Å²) in [6.07, 6.45) is 0. The van der Waals surface area contributed by atoms with Crippen molar-refractivity contribution < 1.29 is 9.66 Å². The number of non-ortho nitro benzene ring substituents is 1. The minimum atomic E-state index is -0.692. The van der Waals surface area contributed by atoms with Gasteiger partial charge in [-0.05, 0) is 43.8 Å². The molecule has 4 rings (SSSR count). The van der Waals surface area contributed by atoms with Gasteiger partial charge in [0.2, 0.25) is 0 Å². The average molecular weight is 369 g/mol. The van der Waals surface area contributed by atoms with Gasteiger partial charge in [-0.25, -0.2) is 0 Å². The van der Waals surface area contributed by atoms with Crippen LogP contribution < -0.4 is 15.0 Å². The van der Waals surface area contributed by atoms with Gasteiger partial charge in [0.1, 0.15) is 5.75 Å². The van der Waals surface area contributed by atoms with Crippen molar-refractivity contribution in [3.8, 4) is 5.75 Å². The predicted octanol–water partition coefficient (Wildman–Crippen LogP) is 4.08. The number of anilines is 1. The summed E-state index contributed by atoms with van der Waals surface area (Å²) in [5.41, 5.74) is 2.22. The van der Waals surface area contributed by atoms with Crippen molar-refractivity contribution in [1.82, 2.24) is 5.32 Å². The Morgan fingerprint density at radius 2 is 2.04 bits per heavy atom. The van der Waals surface area contributed by atoms with Crippen molar-refractivity contribution >= 4 is 28.7 Å². The Morgan fingerprint density at radius 1 is 1.31 bits per heavy atom. The summed E-state index contributed by atoms with van der Waals surface area (Å²) in [6, 6.07) is 12.6. The van der Waals surface area contributed by atoms with Crippen LogP contribution in [0, 0.1) is 23.0 Å². The zero-order chi connectivity index (χ0) is 18.6. The SMILES string of the molecule is Cc1ccccc1N1C(=S)NC2c3cc([N+](=O)[O-])ccc3OC1(C)C2C. The van der Waals surface area contributed by atoms with Gasteiger partial charge < -0.3 is 10.1 Å². The molecule has 3 atom stereocenters. The van der Waals surface area contributed by atoms with Crippen molar-refractivity contribution in [2.24, 2.45) is 5.92 Å². The number of nitrogens with one attached hydrogen (secondary N) is 1. The monoisotopic (exact) mass is 369 g/mol. The summed E-state index contributed by atoms with van der Waals surface area (Å²) >= 11 is 5.66. The zero-order valence-electron chi connectivity index (χ0n) is 14.7. The second kappa shape index (κ2) is 5.67. The molecule has 1 N–H and O–H groups in total. The van der Waals surface area contributed by atoms with E-state index in [4.69, 9.17) is 17.0 Å². The fourth-order valence-electron chi connectivity index (χ4n) is 3.89. The number of nitrogens with zero attached hydrogens (tertiary/aromatic N) is 2. The van der Waals surface area contributed by atoms with Crippen molar-refractivity contribution in [3.05, 3.63) is 63.7 Å². The standard InChI is InChI=1S/C19H19N3O3S/c1-11-6-4-5-7-15(11)21-18(26)20-17-12(2)19(21,3)25-16-9-8-13(22(23)24)10-14(16)17/h4-10,12,17H,1-3H3,(H,20,26). The molecule has 0 radical (unpaired) electrons. The Morgan fingerprint density at radius 3 is 2.73 bits per heavy atom. The zero-order valence-corrected chi connectivity index (χ0v) is 15.5. The third-order valence-electron chi connectivity index (χ3n) is 5.48. The molecule has 2 aromatic rings. The molecular formula is C19H19N3O3S. The predicted molar refractivity (Wildman–Crippen MR) is 103 cm³/mol. The van der Waals surface area contributed by atoms with E-state index < -0.39 is 5.72 Å². The Labute approximate surface area is 156 Å². The normalized spacial score (nSPS) is 26.6. The Bertz CT molecular complexity index is 932. The van der Waals surface area contributed by atoms with Crippen LogP contribution in [0.15, 0.2) is 42.5 Å². The number of fused-ring (bicyclic) bond motifs is 4. The van der Waals surface area contributed by atoms with Crippen molar-refractivity contribution in [2.45, 2.75) is 32.5 Å². The number of aryl methyl sites for hydroxylation is 1. The highest BCUT2D eigenvalue weighted by atomic mass is 32.1. The number of para-hydroxylation sites is 1. The van der Waals surface area contributed by atoms with E-state index in [1.165, 1.54) is 6.07 Å². The smallest absolute Gasteiger partial charge is 0.270 e. The molecule has 2 aliphatic heterocycles. The van der Waals surface area contributed by atoms with Crippen LogP contribution in [0.5, 0.6) is 5.75 Å². The Kier molecular flexibility index (Phi) is 3.66. The lowest BCUT2D eigenvalue weighted by Crippen LogP contribution is -2.69. The summed E-state index contributed by atoms with van der Waals surface area (Å²) in [6.45, 7) is 6.14. The van der Waals surface area contributed by atoms with E-state index in [9.17, 15) is 10.1 Å². The van der Waals surface area contributed by atoms with Gasteiger partial charge in [-0.15, -0.1) is 0 Å². The summed E-state index contributed by atoms with van der Waals surface area (Å²) in [5.74, 6) is 0.665. The molecule has 0 amide bonds. The van der Waals surface area contributed by atoms with Gasteiger partial charge >= 0.3 is 0 Å². The second-order valence-corrected chi connectivity index (χ2v) is 7.36. The lowest BCUT2D eigenvalue weighted by Gasteiger charge is -2.56. The number of nitro benzene ring substituents is 1. The van der Waals surface area contributed by atoms with Crippen LogP contribution in [0.2, 0.25) is 0 Å². The van der Waals surface area contributed by atoms with E-state index in [2.05, 4.69) is 12.2 Å². The van der Waals surface area contributed by atoms with Crippen LogP contribution in [0.25, 0.3) is 0 Å². The maximum absolute atomic E-state index is 11.2. The molecule has 2 bridgehead atoms. The lowest BCUT2D eigenvalue weighted by atomic mass is 9.80. The number of ether oxygens (including phenoxy) is 1. The van der Waals surface area contributed by atoms with Gasteiger partial charge in [0.15, 0.2) is 10.8 Å². The molecule has 1 fully saturated rings. The fourth-order valence-corrected chi connectivity index (χ4v) is 4.30. The average Bonchev–Trinajstić information content (AvgIpc) is 2.59. The number of hydrogen-bond acceptors (Lipinski definition) is 4. The first-order valence-corrected chi connectivity index (χ1v) is 8.87. The molecule has 0 saturated carbocycles. The summed E-state index contributed by atoms with van der Waals surface area (Å²) in [5, 5.41) is 15.1. The maximum Gasteiger partial charge on any atom is 0.270 e. The lowest BCUT2D eigenvalue weighted by molar-refractivity contribution is -0.385. The highest BCUT2D eigenvalue weighted by Gasteiger charge is 2.54. The second-order valence-electron chi connectivity index (χ2n) is 6.97. The third-order valence-corrected chi connectivity index (χ3v) is 5.78. The van der Waals surface area contributed by atoms with Crippen LogP contribution in [0.4, 0.5) is 11.4 Å². The molecule has 0 aromatic heterocycles. The van der Waals surface area contributed by atoms with Crippen LogP contribution in [-0.4, -0.2) is 15.8 Å². The van der Waals surface area contributed by atoms with E-state index in [0.29, 0.717) is 10.9 Å². The molecule has 2 aliphatic rings. The van der Waals surface area contributed by atoms with E-state index in [-0.39, 0.29) is 22.6 Å². The van der Waals surface area contributed by atoms with Crippen LogP contribution in [-0.2, 0) is 0 Å². The number of benzene rings is 2. The molecule has 2 aromatic carbocycles. The maximum atomic E-state index is 11.2. The summed E-state index contributed by atoms with van der Waals surface area (Å²) in [4.78, 5) is 12.8. The first kappa shape index (κ1) is 16.8. The molecular weight excluding hydrogens is 350 g/mol. The molecule has 0 aliphatic carbocycles. The largest absolute Gasteiger partial charge is 0.467 e. The van der Waals surface area contributed by atoms with Gasteiger partial charge in [0.05, 0.1) is 11.0 Å². The molecule has 7 heteroatoms. The fraction of sp³-hybridized carbons (Fsp3) is 0.316. The highest BCUT2D eigenvalue weighted by Crippen LogP contribution is 2.50. The highest BCUT2D eigenvalue weighted by molar-refractivity contribution is 7.80. The molecule has 26 heavy (non-hydrogen) atoms. The van der Waals surface area contributed by atoms with Gasteiger partial charge in [-0.2, -0.15) is 0 Å². The first-order valence-electron chi connectivity index (χ1n) is 8.46. The molecule has 0 spiro atoms. The Hall–Kier alpha value is -2.67. The topological polar surface area (TPSA) is 67.6 Å². The van der Waals surface area contributed by atoms with Crippen LogP contribution in [0.1, 0.15) is 31.0 Å². The van der Waals surface area contributed by atoms with Gasteiger partial charge in [-0.3, -0.25) is 15.0 Å². The van der Waals surface area contributed by atoms with Crippen LogP contribution >= 0.6 is 12.2 Å². The van der Waals surface area contributed by atoms with E-state index in [1.807, 2.05) is 43.0 Å². The molecule has 1 saturated heterocycles. The molecule has 6 nitrogen and oxygen atoms in total. The number of nitro groups is 1. The molecule has 3 unspecified atom stereocenters. The van der Waals surface area contributed by atoms with E-state index in [0.717, 1.165) is 16.8 Å². The van der Waals surface area contributed by atoms with E-state index >= 15 is 0 Å². The van der Waals surface area contributed by atoms with Crippen LogP contribution in [0.3, 0.4) is 0 Å². The van der Waals surface area contributed by atoms with Crippen molar-refractivity contribution in [1.29, 1.82) is 0 Å². The minimum Gasteiger partial charge on any atom is -0.467 e. The van der Waals surface area contributed by atoms with Crippen molar-refractivity contribution in [3.63, 3.8) is 0 Å². The number of rotatable bonds is 2. The van der Waals surface area contributed by atoms with E-state index in [1.54, 1.807) is 12.1 Å². The molecule has 2 heterocycles. The molecule has 134 valence electrons. The quantitative estimate of drug-likeness (QED) is 0.489. The first-order chi connectivity index (χ1) is 12.3. The Balaban J connectivity index is 1.86. The van der Waals surface area contributed by atoms with Gasteiger partial charge in [0.25, 0.3) is 5.69 Å². The number of thiocarbonyl (C=S) groups is 1. The third kappa shape index (κ3) is 2.27. The number of hydrogen-bond donors (Lipinski definition) is 1. The van der Waals surface area contributed by atoms with Gasteiger partial charge in [-0.1, -0.05) is 25.1 Å². The van der Waals surface area contributed by atoms with Gasteiger partial charge in [0, 0.05) is 29.3 Å². The summed E-state index contributed by atoms with van der Waals surface area (Å²) in [7, 11) is 0. The van der Waals surface area contributed by atoms with Crippen molar-refractivity contribution in [2.75, 3.05) is 4.90 Å². The minimum absolute atomic E-state index is 0.0170. The summed E-state index contributed by atoms with van der Waals surface area (Å²) < 4.78 is 6.41.